The van der Waals surface area contributed by atoms with Crippen molar-refractivity contribution in [1.82, 2.24) is 19.4 Å². The van der Waals surface area contributed by atoms with Crippen molar-refractivity contribution < 1.29 is 4.42 Å². The molecule has 3 aromatic rings. The molecule has 5 heteroatoms. The molecule has 0 atom stereocenters. The minimum atomic E-state index is 0.716. The molecule has 0 spiro atoms. The first-order valence-electron chi connectivity index (χ1n) is 9.46. The van der Waals surface area contributed by atoms with Crippen molar-refractivity contribution in [1.29, 1.82) is 0 Å². The lowest BCUT2D eigenvalue weighted by molar-refractivity contribution is 0.236. The maximum Gasteiger partial charge on any atom is 0.226 e. The predicted molar refractivity (Wildman–Crippen MR) is 99.7 cm³/mol. The third-order valence-corrected chi connectivity index (χ3v) is 5.51. The quantitative estimate of drug-likeness (QED) is 0.714. The van der Waals surface area contributed by atoms with E-state index in [0.717, 1.165) is 37.3 Å². The van der Waals surface area contributed by atoms with Crippen molar-refractivity contribution in [2.24, 2.45) is 0 Å². The molecule has 1 fully saturated rings. The van der Waals surface area contributed by atoms with Gasteiger partial charge >= 0.3 is 0 Å². The molecular formula is C21H24N4O. The van der Waals surface area contributed by atoms with Gasteiger partial charge < -0.3 is 8.98 Å². The highest BCUT2D eigenvalue weighted by Crippen LogP contribution is 2.37. The third-order valence-electron chi connectivity index (χ3n) is 5.51. The monoisotopic (exact) mass is 348 g/mol. The molecule has 26 heavy (non-hydrogen) atoms. The summed E-state index contributed by atoms with van der Waals surface area (Å²) in [6.07, 6.45) is 7.54. The van der Waals surface area contributed by atoms with E-state index in [9.17, 15) is 0 Å². The van der Waals surface area contributed by atoms with Gasteiger partial charge in [0, 0.05) is 43.4 Å². The van der Waals surface area contributed by atoms with Gasteiger partial charge in [-0.2, -0.15) is 0 Å². The Morgan fingerprint density at radius 2 is 2.12 bits per heavy atom. The van der Waals surface area contributed by atoms with Crippen LogP contribution in [0.25, 0.3) is 11.5 Å². The lowest BCUT2D eigenvalue weighted by atomic mass is 10.1. The van der Waals surface area contributed by atoms with Gasteiger partial charge in [-0.3, -0.25) is 4.90 Å². The summed E-state index contributed by atoms with van der Waals surface area (Å²) in [6.45, 7) is 6.98. The van der Waals surface area contributed by atoms with Gasteiger partial charge in [-0.15, -0.1) is 0 Å². The molecule has 2 aliphatic rings. The average Bonchev–Trinajstić information content (AvgIpc) is 3.21. The van der Waals surface area contributed by atoms with Crippen LogP contribution in [-0.4, -0.2) is 26.0 Å². The minimum Gasteiger partial charge on any atom is -0.444 e. The number of rotatable bonds is 4. The number of nitrogens with zero attached hydrogens (tertiary/aromatic N) is 4. The van der Waals surface area contributed by atoms with Crippen molar-refractivity contribution in [3.63, 3.8) is 0 Å². The standard InChI is InChI=1S/C21H24N4O/c1-14-3-6-18(15(2)9-14)21-23-16(12-26-21)10-24-8-7-20-19(11-24)22-13-25(20)17-4-5-17/h3,6,9,12-13,17H,4-5,7-8,10-11H2,1-2H3. The zero-order chi connectivity index (χ0) is 17.7. The first kappa shape index (κ1) is 15.8. The van der Waals surface area contributed by atoms with E-state index in [2.05, 4.69) is 46.5 Å². The van der Waals surface area contributed by atoms with Crippen LogP contribution < -0.4 is 0 Å². The Kier molecular flexibility index (Phi) is 3.71. The van der Waals surface area contributed by atoms with Crippen LogP contribution in [0.3, 0.4) is 0 Å². The third kappa shape index (κ3) is 2.86. The van der Waals surface area contributed by atoms with Crippen LogP contribution in [0.2, 0.25) is 0 Å². The lowest BCUT2D eigenvalue weighted by Crippen LogP contribution is -2.31. The van der Waals surface area contributed by atoms with Gasteiger partial charge in [0.05, 0.1) is 17.7 Å². The molecular weight excluding hydrogens is 324 g/mol. The maximum absolute atomic E-state index is 5.77. The van der Waals surface area contributed by atoms with Gasteiger partial charge in [0.15, 0.2) is 0 Å². The van der Waals surface area contributed by atoms with Crippen molar-refractivity contribution in [3.8, 4) is 11.5 Å². The molecule has 1 aromatic carbocycles. The number of aryl methyl sites for hydroxylation is 2. The summed E-state index contributed by atoms with van der Waals surface area (Å²) < 4.78 is 8.17. The molecule has 3 heterocycles. The van der Waals surface area contributed by atoms with Gasteiger partial charge in [-0.25, -0.2) is 9.97 Å². The fraction of sp³-hybridized carbons (Fsp3) is 0.429. The largest absolute Gasteiger partial charge is 0.444 e. The van der Waals surface area contributed by atoms with E-state index in [1.165, 1.54) is 35.4 Å². The lowest BCUT2D eigenvalue weighted by Gasteiger charge is -2.26. The van der Waals surface area contributed by atoms with Crippen LogP contribution in [0.15, 0.2) is 35.2 Å². The zero-order valence-corrected chi connectivity index (χ0v) is 15.4. The van der Waals surface area contributed by atoms with E-state index >= 15 is 0 Å². The summed E-state index contributed by atoms with van der Waals surface area (Å²) in [5.41, 5.74) is 7.21. The summed E-state index contributed by atoms with van der Waals surface area (Å²) in [5, 5.41) is 0. The van der Waals surface area contributed by atoms with Crippen molar-refractivity contribution in [3.05, 3.63) is 59.0 Å². The minimum absolute atomic E-state index is 0.716. The molecule has 0 saturated heterocycles. The highest BCUT2D eigenvalue weighted by molar-refractivity contribution is 5.59. The highest BCUT2D eigenvalue weighted by atomic mass is 16.3. The Morgan fingerprint density at radius 1 is 1.23 bits per heavy atom. The number of fused-ring (bicyclic) bond motifs is 1. The van der Waals surface area contributed by atoms with Gasteiger partial charge in [-0.1, -0.05) is 17.7 Å². The maximum atomic E-state index is 5.77. The second-order valence-electron chi connectivity index (χ2n) is 7.70. The molecule has 0 N–H and O–H groups in total. The molecule has 1 saturated carbocycles. The van der Waals surface area contributed by atoms with Gasteiger partial charge in [0.25, 0.3) is 0 Å². The summed E-state index contributed by atoms with van der Waals surface area (Å²) in [6, 6.07) is 7.09. The molecule has 5 nitrogen and oxygen atoms in total. The summed E-state index contributed by atoms with van der Waals surface area (Å²) in [5.74, 6) is 0.716. The van der Waals surface area contributed by atoms with E-state index in [1.807, 2.05) is 6.33 Å². The summed E-state index contributed by atoms with van der Waals surface area (Å²) in [7, 11) is 0. The Hall–Kier alpha value is -2.40. The SMILES string of the molecule is Cc1ccc(-c2nc(CN3CCc4c(ncn4C4CC4)C3)co2)c(C)c1. The molecule has 1 aliphatic heterocycles. The number of imidazole rings is 1. The van der Waals surface area contributed by atoms with Crippen molar-refractivity contribution in [2.75, 3.05) is 6.54 Å². The van der Waals surface area contributed by atoms with Crippen molar-refractivity contribution in [2.45, 2.75) is 52.2 Å². The number of benzene rings is 1. The Morgan fingerprint density at radius 3 is 2.92 bits per heavy atom. The normalized spacial score (nSPS) is 17.5. The van der Waals surface area contributed by atoms with E-state index in [4.69, 9.17) is 9.40 Å². The number of aromatic nitrogens is 3. The Bertz CT molecular complexity index is 951. The summed E-state index contributed by atoms with van der Waals surface area (Å²) >= 11 is 0. The van der Waals surface area contributed by atoms with Crippen LogP contribution in [0.1, 0.15) is 47.1 Å². The summed E-state index contributed by atoms with van der Waals surface area (Å²) in [4.78, 5) is 11.8. The first-order chi connectivity index (χ1) is 12.7. The fourth-order valence-corrected chi connectivity index (χ4v) is 3.97. The van der Waals surface area contributed by atoms with E-state index in [1.54, 1.807) is 6.26 Å². The molecule has 0 bridgehead atoms. The van der Waals surface area contributed by atoms with Crippen LogP contribution in [-0.2, 0) is 19.5 Å². The second-order valence-corrected chi connectivity index (χ2v) is 7.70. The van der Waals surface area contributed by atoms with Crippen LogP contribution in [0.4, 0.5) is 0 Å². The topological polar surface area (TPSA) is 47.1 Å². The molecule has 0 unspecified atom stereocenters. The molecule has 134 valence electrons. The number of hydrogen-bond acceptors (Lipinski definition) is 4. The number of oxazole rings is 1. The molecule has 0 radical (unpaired) electrons. The van der Waals surface area contributed by atoms with Gasteiger partial charge in [0.2, 0.25) is 5.89 Å². The second kappa shape index (κ2) is 6.09. The Labute approximate surface area is 153 Å². The molecule has 1 aliphatic carbocycles. The first-order valence-corrected chi connectivity index (χ1v) is 9.46. The van der Waals surface area contributed by atoms with Gasteiger partial charge in [-0.05, 0) is 38.3 Å². The van der Waals surface area contributed by atoms with Gasteiger partial charge in [0.1, 0.15) is 6.26 Å². The van der Waals surface area contributed by atoms with Crippen LogP contribution in [0, 0.1) is 13.8 Å². The molecule has 2 aromatic heterocycles. The van der Waals surface area contributed by atoms with Crippen LogP contribution in [0.5, 0.6) is 0 Å². The van der Waals surface area contributed by atoms with E-state index in [0.29, 0.717) is 11.9 Å². The predicted octanol–water partition coefficient (Wildman–Crippen LogP) is 4.05. The van der Waals surface area contributed by atoms with E-state index in [-0.39, 0.29) is 0 Å². The smallest absolute Gasteiger partial charge is 0.226 e. The highest BCUT2D eigenvalue weighted by Gasteiger charge is 2.29. The molecule has 0 amide bonds. The van der Waals surface area contributed by atoms with Crippen molar-refractivity contribution >= 4 is 0 Å². The Balaban J connectivity index is 1.30. The average molecular weight is 348 g/mol. The number of hydrogen-bond donors (Lipinski definition) is 0. The zero-order valence-electron chi connectivity index (χ0n) is 15.4. The fourth-order valence-electron chi connectivity index (χ4n) is 3.97. The van der Waals surface area contributed by atoms with Crippen LogP contribution >= 0.6 is 0 Å². The molecule has 5 rings (SSSR count). The van der Waals surface area contributed by atoms with E-state index < -0.39 is 0 Å².